The Balaban J connectivity index is 2.02. The molecule has 0 N–H and O–H groups in total. The molecule has 0 unspecified atom stereocenters. The number of benzene rings is 2. The van der Waals surface area contributed by atoms with Crippen molar-refractivity contribution in [1.82, 2.24) is 0 Å². The summed E-state index contributed by atoms with van der Waals surface area (Å²) >= 11 is 0. The second kappa shape index (κ2) is 6.52. The van der Waals surface area contributed by atoms with Gasteiger partial charge >= 0.3 is 0 Å². The molecule has 4 nitrogen and oxygen atoms in total. The smallest absolute Gasteiger partial charge is 0.238 e. The van der Waals surface area contributed by atoms with Crippen LogP contribution in [0.15, 0.2) is 48.5 Å². The maximum absolute atomic E-state index is 10.7. The Labute approximate surface area is 116 Å². The Bertz CT molecular complexity index is 553. The minimum Gasteiger partial charge on any atom is -0.455 e. The van der Waals surface area contributed by atoms with Gasteiger partial charge in [-0.25, -0.2) is 0 Å². The molecule has 2 rings (SSSR count). The lowest BCUT2D eigenvalue weighted by molar-refractivity contribution is 0.0222. The van der Waals surface area contributed by atoms with E-state index >= 15 is 0 Å². The van der Waals surface area contributed by atoms with Crippen LogP contribution in [0.1, 0.15) is 27.6 Å². The van der Waals surface area contributed by atoms with E-state index in [4.69, 9.17) is 9.47 Å². The lowest BCUT2D eigenvalue weighted by Crippen LogP contribution is -2.19. The second-order valence-electron chi connectivity index (χ2n) is 4.18. The lowest BCUT2D eigenvalue weighted by atomic mass is 10.2. The molecule has 2 aromatic rings. The first-order valence-corrected chi connectivity index (χ1v) is 6.15. The Morgan fingerprint density at radius 2 is 1.30 bits per heavy atom. The summed E-state index contributed by atoms with van der Waals surface area (Å²) in [5, 5.41) is 0. The van der Waals surface area contributed by atoms with Gasteiger partial charge < -0.3 is 9.47 Å². The molecule has 0 radical (unpaired) electrons. The summed E-state index contributed by atoms with van der Waals surface area (Å²) in [5.74, 6) is 1.10. The number of hydrogen-bond donors (Lipinski definition) is 0. The zero-order valence-corrected chi connectivity index (χ0v) is 11.0. The van der Waals surface area contributed by atoms with Crippen LogP contribution in [-0.4, -0.2) is 18.9 Å². The van der Waals surface area contributed by atoms with E-state index in [0.717, 1.165) is 12.6 Å². The first-order chi connectivity index (χ1) is 9.71. The average molecular weight is 270 g/mol. The summed E-state index contributed by atoms with van der Waals surface area (Å²) in [7, 11) is 0. The van der Waals surface area contributed by atoms with Crippen LogP contribution >= 0.6 is 0 Å². The van der Waals surface area contributed by atoms with Crippen molar-refractivity contribution in [2.24, 2.45) is 0 Å². The molecule has 20 heavy (non-hydrogen) atoms. The topological polar surface area (TPSA) is 52.6 Å². The van der Waals surface area contributed by atoms with Crippen molar-refractivity contribution < 1.29 is 19.1 Å². The molecule has 0 amide bonds. The van der Waals surface area contributed by atoms with E-state index in [1.165, 1.54) is 0 Å². The van der Waals surface area contributed by atoms with Gasteiger partial charge in [-0.15, -0.1) is 0 Å². The Kier molecular flexibility index (Phi) is 4.50. The molecule has 102 valence electrons. The van der Waals surface area contributed by atoms with E-state index in [1.807, 2.05) is 0 Å². The van der Waals surface area contributed by atoms with Crippen LogP contribution in [0.2, 0.25) is 0 Å². The molecule has 0 aliphatic carbocycles. The molecular formula is C16H14O4. The number of rotatable bonds is 6. The van der Waals surface area contributed by atoms with Crippen LogP contribution in [0, 0.1) is 0 Å². The maximum Gasteiger partial charge on any atom is 0.238 e. The second-order valence-corrected chi connectivity index (χ2v) is 4.18. The summed E-state index contributed by atoms with van der Waals surface area (Å²) in [5.41, 5.74) is 1.08. The molecule has 0 saturated heterocycles. The minimum absolute atomic E-state index is 0.539. The summed E-state index contributed by atoms with van der Waals surface area (Å²) in [6, 6.07) is 13.6. The summed E-state index contributed by atoms with van der Waals surface area (Å²) in [6.07, 6.45) is 0.969. The highest BCUT2D eigenvalue weighted by Gasteiger charge is 2.06. The van der Waals surface area contributed by atoms with E-state index in [9.17, 15) is 9.59 Å². The van der Waals surface area contributed by atoms with Crippen LogP contribution in [-0.2, 0) is 0 Å². The standard InChI is InChI=1S/C16H14O4/c1-12(19-15-6-2-4-13(8-15)10-17)20-16-7-3-5-14(9-16)11-18/h2-12H,1H3. The van der Waals surface area contributed by atoms with Gasteiger partial charge in [-0.1, -0.05) is 24.3 Å². The quantitative estimate of drug-likeness (QED) is 0.598. The number of hydrogen-bond acceptors (Lipinski definition) is 4. The molecule has 0 fully saturated rings. The van der Waals surface area contributed by atoms with Crippen LogP contribution < -0.4 is 9.47 Å². The van der Waals surface area contributed by atoms with Crippen molar-refractivity contribution in [3.8, 4) is 11.5 Å². The molecule has 0 spiro atoms. The zero-order chi connectivity index (χ0) is 14.4. The van der Waals surface area contributed by atoms with Gasteiger partial charge in [0.15, 0.2) is 0 Å². The molecule has 0 bridgehead atoms. The third-order valence-corrected chi connectivity index (χ3v) is 2.59. The van der Waals surface area contributed by atoms with E-state index in [0.29, 0.717) is 22.6 Å². The SMILES string of the molecule is CC(Oc1cccc(C=O)c1)Oc1cccc(C=O)c1. The predicted octanol–water partition coefficient (Wildman–Crippen LogP) is 3.12. The third kappa shape index (κ3) is 3.68. The molecule has 0 saturated carbocycles. The van der Waals surface area contributed by atoms with Crippen molar-refractivity contribution in [3.05, 3.63) is 59.7 Å². The molecule has 0 aliphatic heterocycles. The highest BCUT2D eigenvalue weighted by Crippen LogP contribution is 2.17. The zero-order valence-electron chi connectivity index (χ0n) is 11.0. The Morgan fingerprint density at radius 1 is 0.850 bits per heavy atom. The van der Waals surface area contributed by atoms with Gasteiger partial charge in [0.2, 0.25) is 6.29 Å². The van der Waals surface area contributed by atoms with Crippen LogP contribution in [0.5, 0.6) is 11.5 Å². The minimum atomic E-state index is -0.543. The van der Waals surface area contributed by atoms with Crippen molar-refractivity contribution >= 4 is 12.6 Å². The highest BCUT2D eigenvalue weighted by molar-refractivity contribution is 5.75. The van der Waals surface area contributed by atoms with E-state index in [2.05, 4.69) is 0 Å². The summed E-state index contributed by atoms with van der Waals surface area (Å²) in [4.78, 5) is 21.4. The Morgan fingerprint density at radius 3 is 1.70 bits per heavy atom. The van der Waals surface area contributed by atoms with Crippen LogP contribution in [0.4, 0.5) is 0 Å². The highest BCUT2D eigenvalue weighted by atomic mass is 16.7. The monoisotopic (exact) mass is 270 g/mol. The van der Waals surface area contributed by atoms with Gasteiger partial charge in [0.05, 0.1) is 0 Å². The van der Waals surface area contributed by atoms with E-state index < -0.39 is 6.29 Å². The van der Waals surface area contributed by atoms with Gasteiger partial charge in [-0.3, -0.25) is 9.59 Å². The van der Waals surface area contributed by atoms with Crippen molar-refractivity contribution in [3.63, 3.8) is 0 Å². The molecule has 0 atom stereocenters. The first kappa shape index (κ1) is 13.8. The van der Waals surface area contributed by atoms with Gasteiger partial charge in [-0.2, -0.15) is 0 Å². The first-order valence-electron chi connectivity index (χ1n) is 6.15. The fourth-order valence-corrected chi connectivity index (χ4v) is 1.73. The number of aldehydes is 2. The molecule has 2 aromatic carbocycles. The average Bonchev–Trinajstić information content (AvgIpc) is 2.47. The van der Waals surface area contributed by atoms with Gasteiger partial charge in [-0.05, 0) is 24.3 Å². The van der Waals surface area contributed by atoms with Gasteiger partial charge in [0, 0.05) is 18.1 Å². The van der Waals surface area contributed by atoms with E-state index in [1.54, 1.807) is 55.5 Å². The number of carbonyl (C=O) groups is 2. The molecule has 0 aliphatic rings. The molecular weight excluding hydrogens is 256 g/mol. The molecule has 4 heteroatoms. The lowest BCUT2D eigenvalue weighted by Gasteiger charge is -2.16. The summed E-state index contributed by atoms with van der Waals surface area (Å²) < 4.78 is 11.1. The van der Waals surface area contributed by atoms with Crippen LogP contribution in [0.3, 0.4) is 0 Å². The number of carbonyl (C=O) groups excluding carboxylic acids is 2. The predicted molar refractivity (Wildman–Crippen MR) is 74.4 cm³/mol. The van der Waals surface area contributed by atoms with E-state index in [-0.39, 0.29) is 0 Å². The van der Waals surface area contributed by atoms with Crippen molar-refractivity contribution in [2.75, 3.05) is 0 Å². The fourth-order valence-electron chi connectivity index (χ4n) is 1.73. The van der Waals surface area contributed by atoms with Crippen LogP contribution in [0.25, 0.3) is 0 Å². The maximum atomic E-state index is 10.7. The fraction of sp³-hybridized carbons (Fsp3) is 0.125. The van der Waals surface area contributed by atoms with Crippen molar-refractivity contribution in [1.29, 1.82) is 0 Å². The third-order valence-electron chi connectivity index (χ3n) is 2.59. The summed E-state index contributed by atoms with van der Waals surface area (Å²) in [6.45, 7) is 1.74. The van der Waals surface area contributed by atoms with Crippen molar-refractivity contribution in [2.45, 2.75) is 13.2 Å². The number of ether oxygens (including phenoxy) is 2. The van der Waals surface area contributed by atoms with Gasteiger partial charge in [0.1, 0.15) is 24.1 Å². The largest absolute Gasteiger partial charge is 0.455 e. The normalized spacial score (nSPS) is 10.1. The molecule has 0 heterocycles. The Hall–Kier alpha value is -2.62. The van der Waals surface area contributed by atoms with Gasteiger partial charge in [0.25, 0.3) is 0 Å². The molecule has 0 aromatic heterocycles.